The highest BCUT2D eigenvalue weighted by Crippen LogP contribution is 2.41. The van der Waals surface area contributed by atoms with E-state index >= 15 is 0 Å². The summed E-state index contributed by atoms with van der Waals surface area (Å²) in [6.07, 6.45) is 8.57. The lowest BCUT2D eigenvalue weighted by molar-refractivity contribution is 0.0958. The third kappa shape index (κ3) is 2.00. The van der Waals surface area contributed by atoms with Gasteiger partial charge in [0.2, 0.25) is 0 Å². The molecule has 2 N–H and O–H groups in total. The molecule has 0 aromatic rings. The first kappa shape index (κ1) is 12.9. The van der Waals surface area contributed by atoms with Gasteiger partial charge in [0.25, 0.3) is 0 Å². The van der Waals surface area contributed by atoms with Crippen LogP contribution in [0.2, 0.25) is 0 Å². The lowest BCUT2D eigenvalue weighted by atomic mass is 9.83. The van der Waals surface area contributed by atoms with Crippen LogP contribution in [0, 0.1) is 5.92 Å². The topological polar surface area (TPSA) is 32.5 Å². The molecule has 0 aromatic carbocycles. The molecular formula is C15H29N3. The standard InChI is InChI=1S/C15H29N3/c1-10-4-7-14-15(8-10)17(3)11(2)18(14)13-6-5-12(16)9-13/h10-15H,4-9,16H2,1-3H3/t10?,11?,12?,13-,14?,15?/m1/s1. The van der Waals surface area contributed by atoms with E-state index in [2.05, 4.69) is 30.7 Å². The second-order valence-corrected chi connectivity index (χ2v) is 7.02. The molecule has 2 saturated carbocycles. The van der Waals surface area contributed by atoms with Crippen LogP contribution >= 0.6 is 0 Å². The summed E-state index contributed by atoms with van der Waals surface area (Å²) in [4.78, 5) is 5.45. The predicted molar refractivity (Wildman–Crippen MR) is 75.3 cm³/mol. The molecule has 5 unspecified atom stereocenters. The first-order valence-corrected chi connectivity index (χ1v) is 7.83. The van der Waals surface area contributed by atoms with E-state index < -0.39 is 0 Å². The zero-order valence-electron chi connectivity index (χ0n) is 12.2. The lowest BCUT2D eigenvalue weighted by Gasteiger charge is -2.37. The van der Waals surface area contributed by atoms with Gasteiger partial charge in [-0.2, -0.15) is 0 Å². The molecule has 3 fully saturated rings. The monoisotopic (exact) mass is 251 g/mol. The van der Waals surface area contributed by atoms with E-state index in [0.717, 1.165) is 24.0 Å². The van der Waals surface area contributed by atoms with Crippen molar-refractivity contribution in [1.29, 1.82) is 0 Å². The maximum atomic E-state index is 6.12. The number of nitrogens with zero attached hydrogens (tertiary/aromatic N) is 2. The van der Waals surface area contributed by atoms with Crippen molar-refractivity contribution in [3.05, 3.63) is 0 Å². The van der Waals surface area contributed by atoms with Gasteiger partial charge in [-0.3, -0.25) is 9.80 Å². The van der Waals surface area contributed by atoms with Crippen LogP contribution < -0.4 is 5.73 Å². The molecule has 2 aliphatic carbocycles. The molecule has 3 rings (SSSR count). The fourth-order valence-corrected chi connectivity index (χ4v) is 4.72. The number of rotatable bonds is 1. The number of nitrogens with two attached hydrogens (primary N) is 1. The first-order valence-electron chi connectivity index (χ1n) is 7.83. The van der Waals surface area contributed by atoms with Gasteiger partial charge in [-0.05, 0) is 58.4 Å². The van der Waals surface area contributed by atoms with Crippen molar-refractivity contribution >= 4 is 0 Å². The van der Waals surface area contributed by atoms with Crippen LogP contribution in [-0.2, 0) is 0 Å². The largest absolute Gasteiger partial charge is 0.328 e. The fraction of sp³-hybridized carbons (Fsp3) is 1.00. The SMILES string of the molecule is CC1CCC2C(C1)N(C)C(C)N2[C@@H]1CCC(N)C1. The van der Waals surface area contributed by atoms with Gasteiger partial charge in [-0.15, -0.1) is 0 Å². The number of hydrogen-bond donors (Lipinski definition) is 1. The minimum absolute atomic E-state index is 0.453. The highest BCUT2D eigenvalue weighted by atomic mass is 15.5. The van der Waals surface area contributed by atoms with E-state index in [1.54, 1.807) is 0 Å². The average Bonchev–Trinajstić information content (AvgIpc) is 2.85. The van der Waals surface area contributed by atoms with Crippen molar-refractivity contribution in [2.45, 2.75) is 82.7 Å². The van der Waals surface area contributed by atoms with Crippen molar-refractivity contribution in [3.63, 3.8) is 0 Å². The minimum atomic E-state index is 0.453. The summed E-state index contributed by atoms with van der Waals surface area (Å²) in [6, 6.07) is 2.80. The highest BCUT2D eigenvalue weighted by Gasteiger charge is 2.48. The molecule has 1 saturated heterocycles. The number of likely N-dealkylation sites (N-methyl/N-ethyl adjacent to an activating group) is 1. The zero-order chi connectivity index (χ0) is 12.9. The van der Waals surface area contributed by atoms with Gasteiger partial charge in [-0.1, -0.05) is 6.92 Å². The summed E-state index contributed by atoms with van der Waals surface area (Å²) >= 11 is 0. The fourth-order valence-electron chi connectivity index (χ4n) is 4.72. The van der Waals surface area contributed by atoms with E-state index in [9.17, 15) is 0 Å². The lowest BCUT2D eigenvalue weighted by Crippen LogP contribution is -2.46. The Morgan fingerprint density at radius 2 is 1.72 bits per heavy atom. The third-order valence-corrected chi connectivity index (χ3v) is 5.84. The Morgan fingerprint density at radius 1 is 0.944 bits per heavy atom. The Kier molecular flexibility index (Phi) is 3.41. The Hall–Kier alpha value is -0.120. The molecule has 1 aliphatic heterocycles. The van der Waals surface area contributed by atoms with Crippen LogP contribution in [0.5, 0.6) is 0 Å². The summed E-state index contributed by atoms with van der Waals surface area (Å²) in [5.41, 5.74) is 6.12. The molecular weight excluding hydrogens is 222 g/mol. The molecule has 0 bridgehead atoms. The van der Waals surface area contributed by atoms with E-state index in [1.165, 1.54) is 38.5 Å². The zero-order valence-corrected chi connectivity index (χ0v) is 12.2. The molecule has 104 valence electrons. The molecule has 3 nitrogen and oxygen atoms in total. The second kappa shape index (κ2) is 4.77. The van der Waals surface area contributed by atoms with Crippen LogP contribution in [-0.4, -0.2) is 47.2 Å². The minimum Gasteiger partial charge on any atom is -0.328 e. The van der Waals surface area contributed by atoms with Gasteiger partial charge in [0, 0.05) is 24.2 Å². The summed E-state index contributed by atoms with van der Waals surface area (Å²) in [6.45, 7) is 4.82. The Bertz CT molecular complexity index is 306. The van der Waals surface area contributed by atoms with Crippen molar-refractivity contribution < 1.29 is 0 Å². The van der Waals surface area contributed by atoms with Crippen molar-refractivity contribution in [2.75, 3.05) is 7.05 Å². The molecule has 6 atom stereocenters. The van der Waals surface area contributed by atoms with Crippen LogP contribution in [0.3, 0.4) is 0 Å². The van der Waals surface area contributed by atoms with Crippen LogP contribution in [0.25, 0.3) is 0 Å². The van der Waals surface area contributed by atoms with E-state index in [1.807, 2.05) is 0 Å². The van der Waals surface area contributed by atoms with E-state index in [4.69, 9.17) is 5.73 Å². The normalized spacial score (nSPS) is 50.7. The first-order chi connectivity index (χ1) is 8.58. The molecule has 3 aliphatic rings. The van der Waals surface area contributed by atoms with Crippen molar-refractivity contribution in [1.82, 2.24) is 9.80 Å². The van der Waals surface area contributed by atoms with Gasteiger partial charge >= 0.3 is 0 Å². The summed E-state index contributed by atoms with van der Waals surface area (Å²) in [7, 11) is 2.33. The molecule has 3 heteroatoms. The summed E-state index contributed by atoms with van der Waals surface area (Å²) in [5, 5.41) is 0. The van der Waals surface area contributed by atoms with E-state index in [0.29, 0.717) is 12.2 Å². The van der Waals surface area contributed by atoms with Crippen LogP contribution in [0.4, 0.5) is 0 Å². The van der Waals surface area contributed by atoms with Gasteiger partial charge in [0.05, 0.1) is 6.17 Å². The van der Waals surface area contributed by atoms with Crippen molar-refractivity contribution in [2.24, 2.45) is 11.7 Å². The van der Waals surface area contributed by atoms with Gasteiger partial charge in [0.15, 0.2) is 0 Å². The number of fused-ring (bicyclic) bond motifs is 1. The average molecular weight is 251 g/mol. The molecule has 0 radical (unpaired) electrons. The molecule has 0 amide bonds. The maximum absolute atomic E-state index is 6.12. The van der Waals surface area contributed by atoms with Crippen LogP contribution in [0.15, 0.2) is 0 Å². The van der Waals surface area contributed by atoms with Crippen molar-refractivity contribution in [3.8, 4) is 0 Å². The molecule has 0 aromatic heterocycles. The number of hydrogen-bond acceptors (Lipinski definition) is 3. The quantitative estimate of drug-likeness (QED) is 0.774. The maximum Gasteiger partial charge on any atom is 0.0599 e. The smallest absolute Gasteiger partial charge is 0.0599 e. The third-order valence-electron chi connectivity index (χ3n) is 5.84. The predicted octanol–water partition coefficient (Wildman–Crippen LogP) is 2.02. The molecule has 18 heavy (non-hydrogen) atoms. The summed E-state index contributed by atoms with van der Waals surface area (Å²) in [5.74, 6) is 0.909. The Morgan fingerprint density at radius 3 is 2.39 bits per heavy atom. The Balaban J connectivity index is 1.77. The van der Waals surface area contributed by atoms with E-state index in [-0.39, 0.29) is 0 Å². The van der Waals surface area contributed by atoms with Gasteiger partial charge in [-0.25, -0.2) is 0 Å². The molecule has 0 spiro atoms. The van der Waals surface area contributed by atoms with Crippen LogP contribution in [0.1, 0.15) is 52.4 Å². The van der Waals surface area contributed by atoms with Gasteiger partial charge < -0.3 is 5.73 Å². The van der Waals surface area contributed by atoms with Gasteiger partial charge in [0.1, 0.15) is 0 Å². The highest BCUT2D eigenvalue weighted by molar-refractivity contribution is 5.02. The molecule has 1 heterocycles. The Labute approximate surface area is 112 Å². The summed E-state index contributed by atoms with van der Waals surface area (Å²) < 4.78 is 0. The second-order valence-electron chi connectivity index (χ2n) is 7.02.